The Balaban J connectivity index is 2.22. The van der Waals surface area contributed by atoms with Gasteiger partial charge in [-0.05, 0) is 43.2 Å². The van der Waals surface area contributed by atoms with Gasteiger partial charge in [0.05, 0.1) is 12.3 Å². The molecule has 0 bridgehead atoms. The summed E-state index contributed by atoms with van der Waals surface area (Å²) in [5, 5.41) is 8.98. The Bertz CT molecular complexity index is 521. The summed E-state index contributed by atoms with van der Waals surface area (Å²) in [6.45, 7) is 4.08. The van der Waals surface area contributed by atoms with Gasteiger partial charge in [0.25, 0.3) is 0 Å². The van der Waals surface area contributed by atoms with Crippen molar-refractivity contribution < 1.29 is 9.84 Å². The molecule has 0 saturated heterocycles. The van der Waals surface area contributed by atoms with Gasteiger partial charge in [-0.25, -0.2) is 0 Å². The standard InChI is InChI=1S/C15H17NO2/c1-3-14-15(9-4-11(2)16-14)18-13-7-5-12(10-17)6-8-13/h4-9,17H,3,10H2,1-2H3. The van der Waals surface area contributed by atoms with Crippen LogP contribution in [0.2, 0.25) is 0 Å². The van der Waals surface area contributed by atoms with Crippen molar-refractivity contribution >= 4 is 0 Å². The van der Waals surface area contributed by atoms with E-state index in [4.69, 9.17) is 9.84 Å². The number of hydrogen-bond donors (Lipinski definition) is 1. The third kappa shape index (κ3) is 2.87. The molecule has 18 heavy (non-hydrogen) atoms. The van der Waals surface area contributed by atoms with Crippen molar-refractivity contribution in [2.45, 2.75) is 26.9 Å². The third-order valence-corrected chi connectivity index (χ3v) is 2.74. The molecule has 0 unspecified atom stereocenters. The zero-order chi connectivity index (χ0) is 13.0. The molecule has 0 aliphatic heterocycles. The minimum absolute atomic E-state index is 0.0482. The first-order valence-corrected chi connectivity index (χ1v) is 6.07. The van der Waals surface area contributed by atoms with E-state index in [9.17, 15) is 0 Å². The van der Waals surface area contributed by atoms with E-state index in [2.05, 4.69) is 11.9 Å². The molecule has 2 aromatic rings. The molecule has 0 atom stereocenters. The number of aromatic nitrogens is 1. The van der Waals surface area contributed by atoms with Gasteiger partial charge in [0, 0.05) is 5.69 Å². The SMILES string of the molecule is CCc1nc(C)ccc1Oc1ccc(CO)cc1. The summed E-state index contributed by atoms with van der Waals surface area (Å²) in [4.78, 5) is 4.46. The summed E-state index contributed by atoms with van der Waals surface area (Å²) >= 11 is 0. The summed E-state index contributed by atoms with van der Waals surface area (Å²) in [5.41, 5.74) is 2.83. The number of benzene rings is 1. The Morgan fingerprint density at radius 2 is 1.83 bits per heavy atom. The zero-order valence-electron chi connectivity index (χ0n) is 10.7. The van der Waals surface area contributed by atoms with Crippen molar-refractivity contribution in [2.75, 3.05) is 0 Å². The fraction of sp³-hybridized carbons (Fsp3) is 0.267. The number of pyridine rings is 1. The molecule has 3 nitrogen and oxygen atoms in total. The van der Waals surface area contributed by atoms with Crippen LogP contribution in [0.3, 0.4) is 0 Å². The van der Waals surface area contributed by atoms with Crippen molar-refractivity contribution in [3.8, 4) is 11.5 Å². The highest BCUT2D eigenvalue weighted by Gasteiger charge is 2.05. The summed E-state index contributed by atoms with van der Waals surface area (Å²) in [7, 11) is 0. The maximum absolute atomic E-state index is 8.98. The topological polar surface area (TPSA) is 42.4 Å². The molecule has 0 saturated carbocycles. The third-order valence-electron chi connectivity index (χ3n) is 2.74. The molecular weight excluding hydrogens is 226 g/mol. The first-order chi connectivity index (χ1) is 8.72. The molecule has 2 rings (SSSR count). The van der Waals surface area contributed by atoms with E-state index < -0.39 is 0 Å². The van der Waals surface area contributed by atoms with Crippen LogP contribution in [-0.2, 0) is 13.0 Å². The van der Waals surface area contributed by atoms with Crippen LogP contribution in [0.25, 0.3) is 0 Å². The second-order valence-corrected chi connectivity index (χ2v) is 4.16. The largest absolute Gasteiger partial charge is 0.455 e. The van der Waals surface area contributed by atoms with E-state index in [0.29, 0.717) is 0 Å². The van der Waals surface area contributed by atoms with Crippen LogP contribution in [0.5, 0.6) is 11.5 Å². The second-order valence-electron chi connectivity index (χ2n) is 4.16. The lowest BCUT2D eigenvalue weighted by molar-refractivity contribution is 0.281. The first-order valence-electron chi connectivity index (χ1n) is 6.07. The lowest BCUT2D eigenvalue weighted by atomic mass is 10.2. The maximum atomic E-state index is 8.98. The number of ether oxygens (including phenoxy) is 1. The summed E-state index contributed by atoms with van der Waals surface area (Å²) in [6.07, 6.45) is 0.839. The van der Waals surface area contributed by atoms with E-state index in [-0.39, 0.29) is 6.61 Å². The molecule has 1 N–H and O–H groups in total. The molecule has 94 valence electrons. The van der Waals surface area contributed by atoms with Crippen LogP contribution in [0.15, 0.2) is 36.4 Å². The van der Waals surface area contributed by atoms with E-state index in [0.717, 1.165) is 34.9 Å². The number of nitrogens with zero attached hydrogens (tertiary/aromatic N) is 1. The van der Waals surface area contributed by atoms with Crippen LogP contribution in [0.4, 0.5) is 0 Å². The van der Waals surface area contributed by atoms with E-state index >= 15 is 0 Å². The molecule has 3 heteroatoms. The molecule has 1 heterocycles. The van der Waals surface area contributed by atoms with E-state index in [1.165, 1.54) is 0 Å². The predicted octanol–water partition coefficient (Wildman–Crippen LogP) is 3.24. The van der Waals surface area contributed by atoms with Crippen LogP contribution < -0.4 is 4.74 Å². The van der Waals surface area contributed by atoms with Crippen molar-refractivity contribution in [3.05, 3.63) is 53.3 Å². The monoisotopic (exact) mass is 243 g/mol. The van der Waals surface area contributed by atoms with Crippen molar-refractivity contribution in [3.63, 3.8) is 0 Å². The molecule has 0 aliphatic carbocycles. The number of aliphatic hydroxyl groups is 1. The number of aryl methyl sites for hydroxylation is 2. The van der Waals surface area contributed by atoms with Gasteiger partial charge in [0.1, 0.15) is 11.5 Å². The van der Waals surface area contributed by atoms with Crippen molar-refractivity contribution in [1.29, 1.82) is 0 Å². The Morgan fingerprint density at radius 3 is 2.44 bits per heavy atom. The van der Waals surface area contributed by atoms with Gasteiger partial charge in [0.15, 0.2) is 0 Å². The molecular formula is C15H17NO2. The van der Waals surface area contributed by atoms with Gasteiger partial charge in [-0.15, -0.1) is 0 Å². The fourth-order valence-corrected chi connectivity index (χ4v) is 1.73. The molecule has 1 aromatic heterocycles. The van der Waals surface area contributed by atoms with E-state index in [1.54, 1.807) is 0 Å². The minimum atomic E-state index is 0.0482. The van der Waals surface area contributed by atoms with Crippen LogP contribution >= 0.6 is 0 Å². The van der Waals surface area contributed by atoms with Gasteiger partial charge in [-0.2, -0.15) is 0 Å². The molecule has 0 aliphatic rings. The van der Waals surface area contributed by atoms with Crippen LogP contribution in [-0.4, -0.2) is 10.1 Å². The van der Waals surface area contributed by atoms with Gasteiger partial charge in [0.2, 0.25) is 0 Å². The van der Waals surface area contributed by atoms with E-state index in [1.807, 2.05) is 43.3 Å². The Morgan fingerprint density at radius 1 is 1.11 bits per heavy atom. The average molecular weight is 243 g/mol. The van der Waals surface area contributed by atoms with Crippen molar-refractivity contribution in [2.24, 2.45) is 0 Å². The lowest BCUT2D eigenvalue weighted by Crippen LogP contribution is -1.95. The lowest BCUT2D eigenvalue weighted by Gasteiger charge is -2.10. The highest BCUT2D eigenvalue weighted by molar-refractivity contribution is 5.36. The Hall–Kier alpha value is -1.87. The normalized spacial score (nSPS) is 10.4. The summed E-state index contributed by atoms with van der Waals surface area (Å²) in [6, 6.07) is 11.3. The zero-order valence-corrected chi connectivity index (χ0v) is 10.7. The first kappa shape index (κ1) is 12.6. The predicted molar refractivity (Wildman–Crippen MR) is 70.8 cm³/mol. The molecule has 1 aromatic carbocycles. The Kier molecular flexibility index (Phi) is 3.95. The number of hydrogen-bond acceptors (Lipinski definition) is 3. The summed E-state index contributed by atoms with van der Waals surface area (Å²) in [5.74, 6) is 1.55. The molecule has 0 fully saturated rings. The van der Waals surface area contributed by atoms with Crippen LogP contribution in [0.1, 0.15) is 23.9 Å². The van der Waals surface area contributed by atoms with Gasteiger partial charge >= 0.3 is 0 Å². The Labute approximate surface area is 107 Å². The van der Waals surface area contributed by atoms with Crippen molar-refractivity contribution in [1.82, 2.24) is 4.98 Å². The average Bonchev–Trinajstić information content (AvgIpc) is 2.41. The van der Waals surface area contributed by atoms with Crippen LogP contribution in [0, 0.1) is 6.92 Å². The molecule has 0 radical (unpaired) electrons. The fourth-order valence-electron chi connectivity index (χ4n) is 1.73. The number of aliphatic hydroxyl groups excluding tert-OH is 1. The molecule has 0 spiro atoms. The summed E-state index contributed by atoms with van der Waals surface area (Å²) < 4.78 is 5.81. The minimum Gasteiger partial charge on any atom is -0.455 e. The molecule has 0 amide bonds. The van der Waals surface area contributed by atoms with Gasteiger partial charge < -0.3 is 9.84 Å². The quantitative estimate of drug-likeness (QED) is 0.896. The second kappa shape index (κ2) is 5.65. The van der Waals surface area contributed by atoms with Gasteiger partial charge in [-0.3, -0.25) is 4.98 Å². The smallest absolute Gasteiger partial charge is 0.148 e. The highest BCUT2D eigenvalue weighted by Crippen LogP contribution is 2.25. The highest BCUT2D eigenvalue weighted by atomic mass is 16.5. The number of rotatable bonds is 4. The van der Waals surface area contributed by atoms with Gasteiger partial charge in [-0.1, -0.05) is 19.1 Å². The maximum Gasteiger partial charge on any atom is 0.148 e.